The predicted molar refractivity (Wildman–Crippen MR) is 74.4 cm³/mol. The van der Waals surface area contributed by atoms with E-state index in [2.05, 4.69) is 0 Å². The van der Waals surface area contributed by atoms with Crippen LogP contribution in [0.3, 0.4) is 0 Å². The molecule has 1 aliphatic rings. The minimum absolute atomic E-state index is 0.183. The Morgan fingerprint density at radius 3 is 2.20 bits per heavy atom. The van der Waals surface area contributed by atoms with Gasteiger partial charge in [0.05, 0.1) is 10.3 Å². The third kappa shape index (κ3) is 1.86. The standard InChI is InChI=1S/C14H19NO4S/c1-3-14(4-2)12(17)15(10-16)13(14)20(18,19)11-8-6-5-7-9-11/h5-9,13,16H,3-4,10H2,1-2H3. The highest BCUT2D eigenvalue weighted by Gasteiger charge is 2.63. The molecule has 1 N–H and O–H groups in total. The molecule has 0 aromatic heterocycles. The fraction of sp³-hybridized carbons (Fsp3) is 0.500. The summed E-state index contributed by atoms with van der Waals surface area (Å²) in [7, 11) is -3.68. The number of carbonyl (C=O) groups is 1. The van der Waals surface area contributed by atoms with Crippen LogP contribution in [0.25, 0.3) is 0 Å². The SMILES string of the molecule is CCC1(CC)C(=O)N(CO)C1S(=O)(=O)c1ccccc1. The van der Waals surface area contributed by atoms with Gasteiger partial charge in [0.25, 0.3) is 0 Å². The van der Waals surface area contributed by atoms with Gasteiger partial charge in [-0.25, -0.2) is 8.42 Å². The van der Waals surface area contributed by atoms with Crippen molar-refractivity contribution in [3.63, 3.8) is 0 Å². The van der Waals surface area contributed by atoms with Crippen LogP contribution in [0.2, 0.25) is 0 Å². The van der Waals surface area contributed by atoms with E-state index >= 15 is 0 Å². The summed E-state index contributed by atoms with van der Waals surface area (Å²) in [5.41, 5.74) is -0.919. The van der Waals surface area contributed by atoms with Crippen LogP contribution >= 0.6 is 0 Å². The predicted octanol–water partition coefficient (Wildman–Crippen LogP) is 1.38. The first-order valence-electron chi connectivity index (χ1n) is 6.66. The van der Waals surface area contributed by atoms with Crippen LogP contribution in [0.4, 0.5) is 0 Å². The van der Waals surface area contributed by atoms with Crippen molar-refractivity contribution in [1.29, 1.82) is 0 Å². The molecule has 0 spiro atoms. The van der Waals surface area contributed by atoms with E-state index < -0.39 is 27.4 Å². The fourth-order valence-electron chi connectivity index (χ4n) is 2.97. The molecule has 1 heterocycles. The van der Waals surface area contributed by atoms with Crippen molar-refractivity contribution in [2.75, 3.05) is 6.73 Å². The first-order valence-corrected chi connectivity index (χ1v) is 8.21. The summed E-state index contributed by atoms with van der Waals surface area (Å²) >= 11 is 0. The van der Waals surface area contributed by atoms with Crippen LogP contribution in [0.1, 0.15) is 26.7 Å². The Balaban J connectivity index is 2.51. The molecule has 1 saturated heterocycles. The quantitative estimate of drug-likeness (QED) is 0.833. The molecule has 0 aliphatic carbocycles. The molecule has 6 heteroatoms. The Hall–Kier alpha value is -1.40. The first kappa shape index (κ1) is 15.0. The van der Waals surface area contributed by atoms with Gasteiger partial charge in [-0.15, -0.1) is 0 Å². The number of amides is 1. The number of rotatable bonds is 5. The maximum atomic E-state index is 12.8. The van der Waals surface area contributed by atoms with Gasteiger partial charge in [0, 0.05) is 0 Å². The van der Waals surface area contributed by atoms with E-state index in [0.29, 0.717) is 12.8 Å². The van der Waals surface area contributed by atoms with Crippen molar-refractivity contribution in [3.05, 3.63) is 30.3 Å². The number of hydrogen-bond donors (Lipinski definition) is 1. The molecular weight excluding hydrogens is 278 g/mol. The Morgan fingerprint density at radius 2 is 1.75 bits per heavy atom. The van der Waals surface area contributed by atoms with Crippen molar-refractivity contribution < 1.29 is 18.3 Å². The van der Waals surface area contributed by atoms with E-state index in [1.54, 1.807) is 18.2 Å². The van der Waals surface area contributed by atoms with Gasteiger partial charge in [-0.3, -0.25) is 4.79 Å². The molecule has 1 amide bonds. The number of benzene rings is 1. The molecule has 20 heavy (non-hydrogen) atoms. The normalized spacial score (nSPS) is 21.6. The third-order valence-electron chi connectivity index (χ3n) is 4.22. The lowest BCUT2D eigenvalue weighted by molar-refractivity contribution is -0.172. The molecular formula is C14H19NO4S. The maximum absolute atomic E-state index is 12.8. The zero-order chi connectivity index (χ0) is 15.0. The molecule has 2 rings (SSSR count). The summed E-state index contributed by atoms with van der Waals surface area (Å²) in [6, 6.07) is 8.07. The second-order valence-electron chi connectivity index (χ2n) is 4.99. The van der Waals surface area contributed by atoms with E-state index in [4.69, 9.17) is 0 Å². The van der Waals surface area contributed by atoms with Crippen LogP contribution in [-0.4, -0.2) is 36.4 Å². The Labute approximate surface area is 119 Å². The van der Waals surface area contributed by atoms with Crippen molar-refractivity contribution in [1.82, 2.24) is 4.90 Å². The molecule has 1 aromatic rings. The number of hydrogen-bond acceptors (Lipinski definition) is 4. The summed E-state index contributed by atoms with van der Waals surface area (Å²) in [6.45, 7) is 3.05. The van der Waals surface area contributed by atoms with Crippen LogP contribution in [0.15, 0.2) is 35.2 Å². The average Bonchev–Trinajstić information content (AvgIpc) is 2.47. The summed E-state index contributed by atoms with van der Waals surface area (Å²) in [4.78, 5) is 13.4. The number of β-lactam (4-membered cyclic amide) rings is 1. The van der Waals surface area contributed by atoms with Crippen LogP contribution < -0.4 is 0 Å². The van der Waals surface area contributed by atoms with E-state index in [1.165, 1.54) is 12.1 Å². The van der Waals surface area contributed by atoms with E-state index in [-0.39, 0.29) is 10.8 Å². The summed E-state index contributed by atoms with van der Waals surface area (Å²) in [5, 5.41) is 8.32. The highest BCUT2D eigenvalue weighted by molar-refractivity contribution is 7.92. The lowest BCUT2D eigenvalue weighted by Gasteiger charge is -2.53. The van der Waals surface area contributed by atoms with Crippen LogP contribution in [0.5, 0.6) is 0 Å². The molecule has 1 fully saturated rings. The summed E-state index contributed by atoms with van der Waals surface area (Å²) < 4.78 is 25.5. The number of carbonyl (C=O) groups excluding carboxylic acids is 1. The monoisotopic (exact) mass is 297 g/mol. The molecule has 5 nitrogen and oxygen atoms in total. The van der Waals surface area contributed by atoms with Gasteiger partial charge in [0.1, 0.15) is 6.73 Å². The second-order valence-corrected chi connectivity index (χ2v) is 7.00. The number of aliphatic hydroxyl groups is 1. The molecule has 1 aliphatic heterocycles. The van der Waals surface area contributed by atoms with Gasteiger partial charge in [0.2, 0.25) is 15.7 Å². The lowest BCUT2D eigenvalue weighted by atomic mass is 9.74. The summed E-state index contributed by atoms with van der Waals surface area (Å²) in [5.74, 6) is -0.283. The zero-order valence-corrected chi connectivity index (χ0v) is 12.4. The highest BCUT2D eigenvalue weighted by Crippen LogP contribution is 2.48. The number of likely N-dealkylation sites (tertiary alicyclic amines) is 1. The highest BCUT2D eigenvalue weighted by atomic mass is 32.2. The number of nitrogens with zero attached hydrogens (tertiary/aromatic N) is 1. The van der Waals surface area contributed by atoms with Crippen LogP contribution in [-0.2, 0) is 14.6 Å². The minimum atomic E-state index is -3.68. The number of sulfone groups is 1. The average molecular weight is 297 g/mol. The Kier molecular flexibility index (Phi) is 3.88. The fourth-order valence-corrected chi connectivity index (χ4v) is 5.29. The smallest absolute Gasteiger partial charge is 0.234 e. The van der Waals surface area contributed by atoms with E-state index in [9.17, 15) is 18.3 Å². The Bertz CT molecular complexity index is 593. The van der Waals surface area contributed by atoms with Crippen molar-refractivity contribution in [3.8, 4) is 0 Å². The zero-order valence-electron chi connectivity index (χ0n) is 11.6. The van der Waals surface area contributed by atoms with Gasteiger partial charge in [-0.1, -0.05) is 32.0 Å². The number of aliphatic hydroxyl groups excluding tert-OH is 1. The second kappa shape index (κ2) is 5.18. The topological polar surface area (TPSA) is 74.7 Å². The van der Waals surface area contributed by atoms with Gasteiger partial charge < -0.3 is 10.0 Å². The van der Waals surface area contributed by atoms with Crippen molar-refractivity contribution in [2.24, 2.45) is 5.41 Å². The molecule has 0 radical (unpaired) electrons. The third-order valence-corrected chi connectivity index (χ3v) is 6.45. The lowest BCUT2D eigenvalue weighted by Crippen LogP contribution is -2.71. The van der Waals surface area contributed by atoms with E-state index in [1.807, 2.05) is 13.8 Å². The largest absolute Gasteiger partial charge is 0.376 e. The van der Waals surface area contributed by atoms with Gasteiger partial charge >= 0.3 is 0 Å². The molecule has 0 bridgehead atoms. The minimum Gasteiger partial charge on any atom is -0.376 e. The molecule has 0 saturated carbocycles. The molecule has 1 aromatic carbocycles. The van der Waals surface area contributed by atoms with Gasteiger partial charge in [0.15, 0.2) is 5.37 Å². The van der Waals surface area contributed by atoms with Crippen molar-refractivity contribution in [2.45, 2.75) is 37.0 Å². The van der Waals surface area contributed by atoms with Crippen molar-refractivity contribution >= 4 is 15.7 Å². The van der Waals surface area contributed by atoms with Gasteiger partial charge in [-0.05, 0) is 25.0 Å². The Morgan fingerprint density at radius 1 is 1.20 bits per heavy atom. The van der Waals surface area contributed by atoms with Crippen LogP contribution in [0, 0.1) is 5.41 Å². The molecule has 1 atom stereocenters. The summed E-state index contributed by atoms with van der Waals surface area (Å²) in [6.07, 6.45) is 0.880. The maximum Gasteiger partial charge on any atom is 0.234 e. The van der Waals surface area contributed by atoms with E-state index in [0.717, 1.165) is 4.90 Å². The molecule has 1 unspecified atom stereocenters. The molecule has 110 valence electrons. The first-order chi connectivity index (χ1) is 9.45. The van der Waals surface area contributed by atoms with Gasteiger partial charge in [-0.2, -0.15) is 0 Å².